The molecule has 0 saturated heterocycles. The lowest BCUT2D eigenvalue weighted by Gasteiger charge is -2.31. The fraction of sp³-hybridized carbons (Fsp3) is 0.833. The van der Waals surface area contributed by atoms with E-state index < -0.39 is 0 Å². The molecule has 0 spiro atoms. The summed E-state index contributed by atoms with van der Waals surface area (Å²) >= 11 is 0. The quantitative estimate of drug-likeness (QED) is 0.426. The van der Waals surface area contributed by atoms with Gasteiger partial charge in [-0.05, 0) is 31.7 Å². The van der Waals surface area contributed by atoms with Gasteiger partial charge in [-0.15, -0.1) is 6.58 Å². The van der Waals surface area contributed by atoms with Crippen molar-refractivity contribution < 1.29 is 0 Å². The van der Waals surface area contributed by atoms with Crippen LogP contribution in [-0.4, -0.2) is 24.7 Å². The van der Waals surface area contributed by atoms with Crippen molar-refractivity contribution in [2.45, 2.75) is 38.6 Å². The molecule has 1 saturated carbocycles. The minimum atomic E-state index is 0.613. The molecule has 1 rings (SSSR count). The lowest BCUT2D eigenvalue weighted by atomic mass is 9.91. The molecule has 0 bridgehead atoms. The highest BCUT2D eigenvalue weighted by Gasteiger charge is 2.26. The zero-order chi connectivity index (χ0) is 10.6. The molecule has 2 heteroatoms. The van der Waals surface area contributed by atoms with E-state index in [2.05, 4.69) is 31.5 Å². The average molecular weight is 196 g/mol. The summed E-state index contributed by atoms with van der Waals surface area (Å²) in [4.78, 5) is 2.27. The van der Waals surface area contributed by atoms with Gasteiger partial charge in [0.25, 0.3) is 0 Å². The van der Waals surface area contributed by atoms with Gasteiger partial charge in [0, 0.05) is 12.7 Å². The van der Waals surface area contributed by atoms with Gasteiger partial charge in [-0.25, -0.2) is 0 Å². The van der Waals surface area contributed by atoms with E-state index in [4.69, 9.17) is 5.73 Å². The second kappa shape index (κ2) is 5.52. The summed E-state index contributed by atoms with van der Waals surface area (Å²) in [6.45, 7) is 6.96. The third-order valence-corrected chi connectivity index (χ3v) is 3.52. The monoisotopic (exact) mass is 196 g/mol. The molecule has 3 unspecified atom stereocenters. The molecule has 0 radical (unpaired) electrons. The molecule has 0 aliphatic heterocycles. The first kappa shape index (κ1) is 11.7. The summed E-state index contributed by atoms with van der Waals surface area (Å²) in [5, 5.41) is 0. The van der Waals surface area contributed by atoms with Crippen molar-refractivity contribution >= 4 is 0 Å². The van der Waals surface area contributed by atoms with Gasteiger partial charge in [-0.2, -0.15) is 0 Å². The van der Waals surface area contributed by atoms with E-state index >= 15 is 0 Å². The van der Waals surface area contributed by atoms with E-state index in [0.29, 0.717) is 18.6 Å². The maximum absolute atomic E-state index is 5.70. The Balaban J connectivity index is 2.65. The first-order valence-corrected chi connectivity index (χ1v) is 5.72. The predicted octanol–water partition coefficient (Wildman–Crippen LogP) is 2.22. The summed E-state index contributed by atoms with van der Waals surface area (Å²) in [5.41, 5.74) is 5.70. The SMILES string of the molecule is C=CC1CC(C)CCCC1N(C)CN. The van der Waals surface area contributed by atoms with E-state index in [1.807, 2.05) is 0 Å². The zero-order valence-corrected chi connectivity index (χ0v) is 9.58. The van der Waals surface area contributed by atoms with Crippen LogP contribution in [0.4, 0.5) is 0 Å². The average Bonchev–Trinajstić information content (AvgIpc) is 2.38. The van der Waals surface area contributed by atoms with Crippen molar-refractivity contribution in [2.24, 2.45) is 17.6 Å². The highest BCUT2D eigenvalue weighted by Crippen LogP contribution is 2.30. The largest absolute Gasteiger partial charge is 0.318 e. The van der Waals surface area contributed by atoms with Crippen molar-refractivity contribution in [3.8, 4) is 0 Å². The van der Waals surface area contributed by atoms with Crippen LogP contribution in [0.1, 0.15) is 32.6 Å². The normalized spacial score (nSPS) is 34.1. The smallest absolute Gasteiger partial charge is 0.0455 e. The van der Waals surface area contributed by atoms with Crippen LogP contribution in [0, 0.1) is 11.8 Å². The van der Waals surface area contributed by atoms with Gasteiger partial charge in [0.1, 0.15) is 0 Å². The maximum Gasteiger partial charge on any atom is 0.0455 e. The zero-order valence-electron chi connectivity index (χ0n) is 9.58. The lowest BCUT2D eigenvalue weighted by molar-refractivity contribution is 0.189. The fourth-order valence-electron chi connectivity index (χ4n) is 2.57. The van der Waals surface area contributed by atoms with E-state index in [0.717, 1.165) is 5.92 Å². The number of nitrogens with zero attached hydrogens (tertiary/aromatic N) is 1. The van der Waals surface area contributed by atoms with Gasteiger partial charge < -0.3 is 5.73 Å². The molecule has 2 nitrogen and oxygen atoms in total. The third kappa shape index (κ3) is 2.82. The Morgan fingerprint density at radius 1 is 1.50 bits per heavy atom. The summed E-state index contributed by atoms with van der Waals surface area (Å²) < 4.78 is 0. The van der Waals surface area contributed by atoms with Crippen LogP contribution in [0.2, 0.25) is 0 Å². The van der Waals surface area contributed by atoms with Crippen molar-refractivity contribution in [2.75, 3.05) is 13.7 Å². The lowest BCUT2D eigenvalue weighted by Crippen LogP contribution is -2.40. The van der Waals surface area contributed by atoms with Gasteiger partial charge in [0.05, 0.1) is 0 Å². The van der Waals surface area contributed by atoms with Crippen LogP contribution in [0.25, 0.3) is 0 Å². The maximum atomic E-state index is 5.70. The van der Waals surface area contributed by atoms with Crippen LogP contribution < -0.4 is 5.73 Å². The molecular weight excluding hydrogens is 172 g/mol. The second-order valence-electron chi connectivity index (χ2n) is 4.68. The summed E-state index contributed by atoms with van der Waals surface area (Å²) in [6.07, 6.45) is 7.37. The molecule has 0 aromatic heterocycles. The molecule has 0 aromatic carbocycles. The molecule has 0 heterocycles. The Bertz CT molecular complexity index is 179. The van der Waals surface area contributed by atoms with Crippen molar-refractivity contribution in [3.05, 3.63) is 12.7 Å². The first-order valence-electron chi connectivity index (χ1n) is 5.72. The number of rotatable bonds is 3. The van der Waals surface area contributed by atoms with E-state index in [9.17, 15) is 0 Å². The Morgan fingerprint density at radius 3 is 2.79 bits per heavy atom. The second-order valence-corrected chi connectivity index (χ2v) is 4.68. The van der Waals surface area contributed by atoms with Gasteiger partial charge in [0.2, 0.25) is 0 Å². The van der Waals surface area contributed by atoms with Crippen LogP contribution in [0.5, 0.6) is 0 Å². The fourth-order valence-corrected chi connectivity index (χ4v) is 2.57. The van der Waals surface area contributed by atoms with Crippen LogP contribution in [-0.2, 0) is 0 Å². The van der Waals surface area contributed by atoms with Crippen molar-refractivity contribution in [1.29, 1.82) is 0 Å². The number of nitrogens with two attached hydrogens (primary N) is 1. The molecule has 82 valence electrons. The van der Waals surface area contributed by atoms with Crippen LogP contribution >= 0.6 is 0 Å². The topological polar surface area (TPSA) is 29.3 Å². The Hall–Kier alpha value is -0.340. The molecule has 14 heavy (non-hydrogen) atoms. The molecule has 1 fully saturated rings. The van der Waals surface area contributed by atoms with E-state index in [1.165, 1.54) is 25.7 Å². The first-order chi connectivity index (χ1) is 6.69. The molecule has 1 aliphatic rings. The van der Waals surface area contributed by atoms with Gasteiger partial charge in [-0.1, -0.05) is 25.8 Å². The number of hydrogen-bond acceptors (Lipinski definition) is 2. The summed E-state index contributed by atoms with van der Waals surface area (Å²) in [7, 11) is 2.12. The van der Waals surface area contributed by atoms with Gasteiger partial charge >= 0.3 is 0 Å². The van der Waals surface area contributed by atoms with Crippen molar-refractivity contribution in [3.63, 3.8) is 0 Å². The van der Waals surface area contributed by atoms with Crippen LogP contribution in [0.15, 0.2) is 12.7 Å². The highest BCUT2D eigenvalue weighted by molar-refractivity contribution is 4.92. The molecule has 1 aliphatic carbocycles. The molecular formula is C12H24N2. The Labute approximate surface area is 88.2 Å². The third-order valence-electron chi connectivity index (χ3n) is 3.52. The Kier molecular flexibility index (Phi) is 4.63. The predicted molar refractivity (Wildman–Crippen MR) is 61.9 cm³/mol. The highest BCUT2D eigenvalue weighted by atomic mass is 15.2. The molecule has 3 atom stereocenters. The molecule has 2 N–H and O–H groups in total. The van der Waals surface area contributed by atoms with E-state index in [-0.39, 0.29) is 0 Å². The van der Waals surface area contributed by atoms with Crippen molar-refractivity contribution in [1.82, 2.24) is 4.90 Å². The minimum Gasteiger partial charge on any atom is -0.318 e. The summed E-state index contributed by atoms with van der Waals surface area (Å²) in [5.74, 6) is 1.47. The molecule has 0 amide bonds. The summed E-state index contributed by atoms with van der Waals surface area (Å²) in [6, 6.07) is 0.613. The van der Waals surface area contributed by atoms with Gasteiger partial charge in [-0.3, -0.25) is 4.90 Å². The Morgan fingerprint density at radius 2 is 2.21 bits per heavy atom. The minimum absolute atomic E-state index is 0.613. The van der Waals surface area contributed by atoms with Crippen LogP contribution in [0.3, 0.4) is 0 Å². The molecule has 0 aromatic rings. The number of hydrogen-bond donors (Lipinski definition) is 1. The standard InChI is InChI=1S/C12H24N2/c1-4-11-8-10(2)6-5-7-12(11)14(3)9-13/h4,10-12H,1,5-9,13H2,2-3H3. The van der Waals surface area contributed by atoms with Gasteiger partial charge in [0.15, 0.2) is 0 Å². The van der Waals surface area contributed by atoms with E-state index in [1.54, 1.807) is 0 Å².